The molecule has 1 heterocycles. The first-order chi connectivity index (χ1) is 7.68. The molecule has 0 unspecified atom stereocenters. The van der Waals surface area contributed by atoms with Crippen LogP contribution in [-0.2, 0) is 5.41 Å². The van der Waals surface area contributed by atoms with Crippen LogP contribution in [0.3, 0.4) is 0 Å². The summed E-state index contributed by atoms with van der Waals surface area (Å²) >= 11 is 0. The number of nitriles is 1. The Labute approximate surface area is 97.5 Å². The molecule has 1 aliphatic heterocycles. The van der Waals surface area contributed by atoms with Gasteiger partial charge in [0.05, 0.1) is 11.5 Å². The SMILES string of the molecule is Cc1ccccc1C1(C#N)CCN(C)CC1. The largest absolute Gasteiger partial charge is 0.306 e. The number of rotatable bonds is 1. The normalized spacial score (nSPS) is 20.3. The van der Waals surface area contributed by atoms with E-state index in [1.807, 2.05) is 12.1 Å². The van der Waals surface area contributed by atoms with E-state index in [0.717, 1.165) is 25.9 Å². The predicted molar refractivity (Wildman–Crippen MR) is 65.2 cm³/mol. The Morgan fingerprint density at radius 1 is 1.25 bits per heavy atom. The maximum Gasteiger partial charge on any atom is 0.0849 e. The van der Waals surface area contributed by atoms with Crippen LogP contribution in [0.4, 0.5) is 0 Å². The van der Waals surface area contributed by atoms with E-state index in [4.69, 9.17) is 0 Å². The molecule has 1 aliphatic rings. The Morgan fingerprint density at radius 3 is 2.44 bits per heavy atom. The lowest BCUT2D eigenvalue weighted by atomic mass is 9.72. The third-order valence-corrected chi connectivity index (χ3v) is 3.72. The fraction of sp³-hybridized carbons (Fsp3) is 0.500. The monoisotopic (exact) mass is 214 g/mol. The number of piperidine rings is 1. The smallest absolute Gasteiger partial charge is 0.0849 e. The molecule has 0 radical (unpaired) electrons. The Bertz CT molecular complexity index is 409. The number of hydrogen-bond acceptors (Lipinski definition) is 2. The van der Waals surface area contributed by atoms with E-state index < -0.39 is 0 Å². The molecule has 0 atom stereocenters. The summed E-state index contributed by atoms with van der Waals surface area (Å²) in [6.45, 7) is 4.14. The Kier molecular flexibility index (Phi) is 2.98. The van der Waals surface area contributed by atoms with Crippen molar-refractivity contribution in [1.29, 1.82) is 5.26 Å². The lowest BCUT2D eigenvalue weighted by molar-refractivity contribution is 0.221. The van der Waals surface area contributed by atoms with E-state index in [1.165, 1.54) is 11.1 Å². The molecule has 1 fully saturated rings. The maximum absolute atomic E-state index is 9.54. The van der Waals surface area contributed by atoms with Gasteiger partial charge in [0.25, 0.3) is 0 Å². The van der Waals surface area contributed by atoms with Crippen molar-refractivity contribution in [2.75, 3.05) is 20.1 Å². The van der Waals surface area contributed by atoms with Gasteiger partial charge in [-0.1, -0.05) is 24.3 Å². The van der Waals surface area contributed by atoms with E-state index in [-0.39, 0.29) is 5.41 Å². The molecule has 2 rings (SSSR count). The lowest BCUT2D eigenvalue weighted by Gasteiger charge is -2.36. The van der Waals surface area contributed by atoms with Gasteiger partial charge in [-0.25, -0.2) is 0 Å². The van der Waals surface area contributed by atoms with Gasteiger partial charge >= 0.3 is 0 Å². The van der Waals surface area contributed by atoms with Crippen molar-refractivity contribution < 1.29 is 0 Å². The topological polar surface area (TPSA) is 27.0 Å². The first-order valence-corrected chi connectivity index (χ1v) is 5.84. The first-order valence-electron chi connectivity index (χ1n) is 5.84. The second kappa shape index (κ2) is 4.27. The second-order valence-corrected chi connectivity index (χ2v) is 4.81. The lowest BCUT2D eigenvalue weighted by Crippen LogP contribution is -2.40. The van der Waals surface area contributed by atoms with Gasteiger partial charge in [0.1, 0.15) is 0 Å². The molecular formula is C14H18N2. The van der Waals surface area contributed by atoms with Crippen LogP contribution in [-0.4, -0.2) is 25.0 Å². The van der Waals surface area contributed by atoms with Gasteiger partial charge in [-0.15, -0.1) is 0 Å². The molecule has 1 saturated heterocycles. The third-order valence-electron chi connectivity index (χ3n) is 3.72. The summed E-state index contributed by atoms with van der Waals surface area (Å²) in [5.74, 6) is 0. The van der Waals surface area contributed by atoms with Crippen LogP contribution >= 0.6 is 0 Å². The molecule has 16 heavy (non-hydrogen) atoms. The third kappa shape index (κ3) is 1.83. The molecular weight excluding hydrogens is 196 g/mol. The fourth-order valence-corrected chi connectivity index (χ4v) is 2.55. The molecule has 0 amide bonds. The van der Waals surface area contributed by atoms with Gasteiger partial charge in [0.15, 0.2) is 0 Å². The highest BCUT2D eigenvalue weighted by Crippen LogP contribution is 2.36. The second-order valence-electron chi connectivity index (χ2n) is 4.81. The van der Waals surface area contributed by atoms with Crippen molar-refractivity contribution >= 4 is 0 Å². The van der Waals surface area contributed by atoms with Gasteiger partial charge in [0, 0.05) is 0 Å². The van der Waals surface area contributed by atoms with Crippen LogP contribution in [0.25, 0.3) is 0 Å². The minimum Gasteiger partial charge on any atom is -0.306 e. The highest BCUT2D eigenvalue weighted by Gasteiger charge is 2.36. The number of likely N-dealkylation sites (tertiary alicyclic amines) is 1. The summed E-state index contributed by atoms with van der Waals surface area (Å²) in [4.78, 5) is 2.30. The highest BCUT2D eigenvalue weighted by molar-refractivity contribution is 5.39. The summed E-state index contributed by atoms with van der Waals surface area (Å²) in [6.07, 6.45) is 1.90. The molecule has 2 heteroatoms. The van der Waals surface area contributed by atoms with E-state index in [9.17, 15) is 5.26 Å². The van der Waals surface area contributed by atoms with Crippen LogP contribution in [0.2, 0.25) is 0 Å². The van der Waals surface area contributed by atoms with E-state index in [2.05, 4.69) is 37.1 Å². The molecule has 0 spiro atoms. The summed E-state index contributed by atoms with van der Waals surface area (Å²) in [7, 11) is 2.12. The zero-order valence-electron chi connectivity index (χ0n) is 10.0. The minimum absolute atomic E-state index is 0.252. The quantitative estimate of drug-likeness (QED) is 0.718. The molecule has 0 bridgehead atoms. The summed E-state index contributed by atoms with van der Waals surface area (Å²) in [5.41, 5.74) is 2.22. The van der Waals surface area contributed by atoms with Crippen LogP contribution in [0.5, 0.6) is 0 Å². The standard InChI is InChI=1S/C14H18N2/c1-12-5-3-4-6-13(12)14(11-15)7-9-16(2)10-8-14/h3-6H,7-10H2,1-2H3. The molecule has 1 aromatic carbocycles. The summed E-state index contributed by atoms with van der Waals surface area (Å²) in [6, 6.07) is 10.9. The molecule has 1 aromatic rings. The molecule has 2 nitrogen and oxygen atoms in total. The minimum atomic E-state index is -0.252. The van der Waals surface area contributed by atoms with Crippen molar-refractivity contribution in [3.63, 3.8) is 0 Å². The van der Waals surface area contributed by atoms with Crippen LogP contribution < -0.4 is 0 Å². The van der Waals surface area contributed by atoms with Crippen molar-refractivity contribution in [2.45, 2.75) is 25.2 Å². The Morgan fingerprint density at radius 2 is 1.88 bits per heavy atom. The van der Waals surface area contributed by atoms with Gasteiger partial charge in [-0.2, -0.15) is 5.26 Å². The average molecular weight is 214 g/mol. The number of benzene rings is 1. The molecule has 0 aliphatic carbocycles. The van der Waals surface area contributed by atoms with Crippen LogP contribution in [0, 0.1) is 18.3 Å². The zero-order chi connectivity index (χ0) is 11.6. The van der Waals surface area contributed by atoms with E-state index in [0.29, 0.717) is 0 Å². The highest BCUT2D eigenvalue weighted by atomic mass is 15.1. The molecule has 0 saturated carbocycles. The van der Waals surface area contributed by atoms with Gasteiger partial charge < -0.3 is 4.90 Å². The average Bonchev–Trinajstić information content (AvgIpc) is 2.32. The van der Waals surface area contributed by atoms with Gasteiger partial charge in [-0.3, -0.25) is 0 Å². The maximum atomic E-state index is 9.54. The van der Waals surface area contributed by atoms with Crippen molar-refractivity contribution in [2.24, 2.45) is 0 Å². The van der Waals surface area contributed by atoms with E-state index in [1.54, 1.807) is 0 Å². The van der Waals surface area contributed by atoms with Crippen molar-refractivity contribution in [1.82, 2.24) is 4.90 Å². The number of hydrogen-bond donors (Lipinski definition) is 0. The van der Waals surface area contributed by atoms with E-state index >= 15 is 0 Å². The fourth-order valence-electron chi connectivity index (χ4n) is 2.55. The first kappa shape index (κ1) is 11.2. The zero-order valence-corrected chi connectivity index (χ0v) is 10.0. The van der Waals surface area contributed by atoms with Crippen molar-refractivity contribution in [3.8, 4) is 6.07 Å². The predicted octanol–water partition coefficient (Wildman–Crippen LogP) is 2.48. The summed E-state index contributed by atoms with van der Waals surface area (Å²) < 4.78 is 0. The number of aryl methyl sites for hydroxylation is 1. The van der Waals surface area contributed by atoms with Crippen LogP contribution in [0.15, 0.2) is 24.3 Å². The van der Waals surface area contributed by atoms with Crippen molar-refractivity contribution in [3.05, 3.63) is 35.4 Å². The van der Waals surface area contributed by atoms with Gasteiger partial charge in [0.2, 0.25) is 0 Å². The molecule has 0 N–H and O–H groups in total. The van der Waals surface area contributed by atoms with Gasteiger partial charge in [-0.05, 0) is 51.0 Å². The summed E-state index contributed by atoms with van der Waals surface area (Å²) in [5, 5.41) is 9.54. The van der Waals surface area contributed by atoms with Crippen LogP contribution in [0.1, 0.15) is 24.0 Å². The number of nitrogens with zero attached hydrogens (tertiary/aromatic N) is 2. The Hall–Kier alpha value is -1.33. The molecule has 0 aromatic heterocycles. The Balaban J connectivity index is 2.37. The molecule has 84 valence electrons.